The summed E-state index contributed by atoms with van der Waals surface area (Å²) in [4.78, 5) is 0.773. The molecule has 1 aliphatic carbocycles. The Kier molecular flexibility index (Phi) is 5.55. The molecule has 0 aromatic heterocycles. The van der Waals surface area contributed by atoms with Crippen LogP contribution in [0.15, 0.2) is 0 Å². The van der Waals surface area contributed by atoms with Gasteiger partial charge in [0, 0.05) is 11.2 Å². The zero-order valence-electron chi connectivity index (χ0n) is 8.48. The monoisotopic (exact) mass is 242 g/mol. The number of alkyl halides is 1. The summed E-state index contributed by atoms with van der Waals surface area (Å²) in [5.41, 5.74) is 0. The van der Waals surface area contributed by atoms with E-state index in [-0.39, 0.29) is 0 Å². The molecular weight excluding hydrogens is 224 g/mol. The van der Waals surface area contributed by atoms with Crippen molar-refractivity contribution in [3.8, 4) is 11.8 Å². The normalized spacial score (nSPS) is 28.8. The molecule has 0 aromatic carbocycles. The standard InChI is InChI=1S/C12H19Br/c1-2-3-4-7-11-8-5-6-9-12(13)10-11/h11-12H,4-10H2,1H3. The van der Waals surface area contributed by atoms with Crippen molar-refractivity contribution in [1.29, 1.82) is 0 Å². The van der Waals surface area contributed by atoms with Crippen molar-refractivity contribution in [2.45, 2.75) is 56.7 Å². The van der Waals surface area contributed by atoms with Gasteiger partial charge in [-0.15, -0.1) is 11.8 Å². The van der Waals surface area contributed by atoms with Crippen LogP contribution in [0.25, 0.3) is 0 Å². The highest BCUT2D eigenvalue weighted by atomic mass is 79.9. The summed E-state index contributed by atoms with van der Waals surface area (Å²) in [6, 6.07) is 0. The van der Waals surface area contributed by atoms with Gasteiger partial charge in [-0.05, 0) is 32.1 Å². The van der Waals surface area contributed by atoms with Crippen molar-refractivity contribution < 1.29 is 0 Å². The van der Waals surface area contributed by atoms with E-state index in [1.807, 2.05) is 6.92 Å². The van der Waals surface area contributed by atoms with E-state index in [0.29, 0.717) is 0 Å². The van der Waals surface area contributed by atoms with Crippen LogP contribution >= 0.6 is 15.9 Å². The Labute approximate surface area is 90.6 Å². The lowest BCUT2D eigenvalue weighted by Crippen LogP contribution is -2.04. The van der Waals surface area contributed by atoms with Gasteiger partial charge in [-0.2, -0.15) is 0 Å². The maximum absolute atomic E-state index is 3.75. The third-order valence-electron chi connectivity index (χ3n) is 2.82. The molecule has 0 amide bonds. The van der Waals surface area contributed by atoms with Crippen LogP contribution in [0.2, 0.25) is 0 Å². The fourth-order valence-electron chi connectivity index (χ4n) is 2.06. The smallest absolute Gasteiger partial charge is 0.0148 e. The molecule has 0 radical (unpaired) electrons. The molecule has 0 aliphatic heterocycles. The third kappa shape index (κ3) is 4.72. The Morgan fingerprint density at radius 3 is 2.85 bits per heavy atom. The molecule has 0 heterocycles. The molecule has 0 saturated heterocycles. The second kappa shape index (κ2) is 6.49. The molecule has 74 valence electrons. The van der Waals surface area contributed by atoms with Crippen LogP contribution in [-0.4, -0.2) is 4.83 Å². The summed E-state index contributed by atoms with van der Waals surface area (Å²) < 4.78 is 0. The zero-order chi connectivity index (χ0) is 9.52. The third-order valence-corrected chi connectivity index (χ3v) is 3.65. The van der Waals surface area contributed by atoms with Crippen LogP contribution in [0.4, 0.5) is 0 Å². The van der Waals surface area contributed by atoms with Gasteiger partial charge in [-0.25, -0.2) is 0 Å². The van der Waals surface area contributed by atoms with Gasteiger partial charge in [-0.1, -0.05) is 35.2 Å². The van der Waals surface area contributed by atoms with Gasteiger partial charge in [0.1, 0.15) is 0 Å². The minimum absolute atomic E-state index is 0.773. The molecule has 1 rings (SSSR count). The molecule has 0 spiro atoms. The lowest BCUT2D eigenvalue weighted by Gasteiger charge is -2.14. The SMILES string of the molecule is CC#CCCC1CCCCC(Br)C1. The first-order valence-electron chi connectivity index (χ1n) is 5.36. The number of rotatable bonds is 2. The van der Waals surface area contributed by atoms with Crippen LogP contribution in [0.1, 0.15) is 51.9 Å². The van der Waals surface area contributed by atoms with Gasteiger partial charge in [0.05, 0.1) is 0 Å². The van der Waals surface area contributed by atoms with Crippen LogP contribution in [0.3, 0.4) is 0 Å². The first-order valence-corrected chi connectivity index (χ1v) is 6.28. The average Bonchev–Trinajstić information content (AvgIpc) is 2.31. The molecule has 1 saturated carbocycles. The molecule has 13 heavy (non-hydrogen) atoms. The van der Waals surface area contributed by atoms with Gasteiger partial charge >= 0.3 is 0 Å². The Morgan fingerprint density at radius 1 is 1.31 bits per heavy atom. The topological polar surface area (TPSA) is 0 Å². The summed E-state index contributed by atoms with van der Waals surface area (Å²) in [6.45, 7) is 1.93. The van der Waals surface area contributed by atoms with E-state index in [2.05, 4.69) is 27.8 Å². The Balaban J connectivity index is 2.25. The minimum Gasteiger partial charge on any atom is -0.107 e. The highest BCUT2D eigenvalue weighted by molar-refractivity contribution is 9.09. The maximum atomic E-state index is 3.75. The van der Waals surface area contributed by atoms with Gasteiger partial charge in [0.25, 0.3) is 0 Å². The lowest BCUT2D eigenvalue weighted by atomic mass is 9.95. The molecule has 0 bridgehead atoms. The van der Waals surface area contributed by atoms with Gasteiger partial charge in [-0.3, -0.25) is 0 Å². The average molecular weight is 243 g/mol. The molecule has 1 heteroatoms. The first-order chi connectivity index (χ1) is 6.33. The van der Waals surface area contributed by atoms with E-state index < -0.39 is 0 Å². The van der Waals surface area contributed by atoms with Crippen LogP contribution in [0.5, 0.6) is 0 Å². The minimum atomic E-state index is 0.773. The van der Waals surface area contributed by atoms with Crippen LogP contribution < -0.4 is 0 Å². The van der Waals surface area contributed by atoms with E-state index in [1.54, 1.807) is 0 Å². The fourth-order valence-corrected chi connectivity index (χ4v) is 2.91. The van der Waals surface area contributed by atoms with Crippen LogP contribution in [0, 0.1) is 17.8 Å². The molecule has 0 aromatic rings. The number of hydrogen-bond donors (Lipinski definition) is 0. The van der Waals surface area contributed by atoms with E-state index in [4.69, 9.17) is 0 Å². The number of hydrogen-bond acceptors (Lipinski definition) is 0. The van der Waals surface area contributed by atoms with Gasteiger partial charge in [0.2, 0.25) is 0 Å². The molecule has 2 atom stereocenters. The molecule has 0 nitrogen and oxygen atoms in total. The summed E-state index contributed by atoms with van der Waals surface area (Å²) in [5.74, 6) is 7.06. The van der Waals surface area contributed by atoms with Crippen molar-refractivity contribution >= 4 is 15.9 Å². The summed E-state index contributed by atoms with van der Waals surface area (Å²) >= 11 is 3.75. The van der Waals surface area contributed by atoms with E-state index in [0.717, 1.165) is 17.2 Å². The Bertz CT molecular complexity index is 187. The first kappa shape index (κ1) is 11.1. The van der Waals surface area contributed by atoms with Crippen molar-refractivity contribution in [3.05, 3.63) is 0 Å². The second-order valence-electron chi connectivity index (χ2n) is 3.95. The molecule has 2 unspecified atom stereocenters. The van der Waals surface area contributed by atoms with E-state index in [1.165, 1.54) is 38.5 Å². The van der Waals surface area contributed by atoms with Crippen molar-refractivity contribution in [2.75, 3.05) is 0 Å². The molecule has 1 aliphatic rings. The Morgan fingerprint density at radius 2 is 2.08 bits per heavy atom. The lowest BCUT2D eigenvalue weighted by molar-refractivity contribution is 0.439. The van der Waals surface area contributed by atoms with Gasteiger partial charge < -0.3 is 0 Å². The molecular formula is C12H19Br. The molecule has 1 fully saturated rings. The number of halogens is 1. The highest BCUT2D eigenvalue weighted by Gasteiger charge is 2.17. The van der Waals surface area contributed by atoms with Crippen molar-refractivity contribution in [3.63, 3.8) is 0 Å². The van der Waals surface area contributed by atoms with Crippen LogP contribution in [-0.2, 0) is 0 Å². The largest absolute Gasteiger partial charge is 0.107 e. The van der Waals surface area contributed by atoms with Crippen molar-refractivity contribution in [2.24, 2.45) is 5.92 Å². The summed E-state index contributed by atoms with van der Waals surface area (Å²) in [7, 11) is 0. The van der Waals surface area contributed by atoms with E-state index >= 15 is 0 Å². The highest BCUT2D eigenvalue weighted by Crippen LogP contribution is 2.30. The van der Waals surface area contributed by atoms with E-state index in [9.17, 15) is 0 Å². The molecule has 0 N–H and O–H groups in total. The zero-order valence-corrected chi connectivity index (χ0v) is 10.1. The predicted molar refractivity (Wildman–Crippen MR) is 62.0 cm³/mol. The maximum Gasteiger partial charge on any atom is 0.0148 e. The summed E-state index contributed by atoms with van der Waals surface area (Å²) in [6.07, 6.45) is 9.40. The second-order valence-corrected chi connectivity index (χ2v) is 5.24. The quantitative estimate of drug-likeness (QED) is 0.388. The van der Waals surface area contributed by atoms with Crippen molar-refractivity contribution in [1.82, 2.24) is 0 Å². The predicted octanol–water partition coefficient (Wildman–Crippen LogP) is 4.13. The summed E-state index contributed by atoms with van der Waals surface area (Å²) in [5, 5.41) is 0. The fraction of sp³-hybridized carbons (Fsp3) is 0.833. The Hall–Kier alpha value is 0.0400. The van der Waals surface area contributed by atoms with Gasteiger partial charge in [0.15, 0.2) is 0 Å².